The summed E-state index contributed by atoms with van der Waals surface area (Å²) >= 11 is 1.65. The number of rotatable bonds is 9. The first-order valence-electron chi connectivity index (χ1n) is 9.83. The second kappa shape index (κ2) is 10.0. The lowest BCUT2D eigenvalue weighted by Crippen LogP contribution is -2.38. The van der Waals surface area contributed by atoms with Gasteiger partial charge in [0.15, 0.2) is 0 Å². The molecule has 1 amide bonds. The Hall–Kier alpha value is -1.69. The van der Waals surface area contributed by atoms with Crippen molar-refractivity contribution < 1.29 is 14.3 Å². The molecule has 1 aromatic heterocycles. The van der Waals surface area contributed by atoms with Gasteiger partial charge in [-0.15, -0.1) is 11.3 Å². The molecule has 1 saturated heterocycles. The minimum absolute atomic E-state index is 0.0935. The van der Waals surface area contributed by atoms with E-state index in [0.717, 1.165) is 42.7 Å². The smallest absolute Gasteiger partial charge is 0.249 e. The highest BCUT2D eigenvalue weighted by atomic mass is 32.1. The van der Waals surface area contributed by atoms with Gasteiger partial charge in [0, 0.05) is 11.5 Å². The zero-order valence-electron chi connectivity index (χ0n) is 16.1. The zero-order chi connectivity index (χ0) is 19.1. The Bertz CT molecular complexity index is 693. The Morgan fingerprint density at radius 2 is 2.15 bits per heavy atom. The number of hydrogen-bond acceptors (Lipinski definition) is 4. The van der Waals surface area contributed by atoms with Crippen molar-refractivity contribution in [2.75, 3.05) is 13.2 Å². The highest BCUT2D eigenvalue weighted by Gasteiger charge is 2.23. The molecule has 2 heterocycles. The molecule has 0 radical (unpaired) electrons. The monoisotopic (exact) mass is 387 g/mol. The van der Waals surface area contributed by atoms with Crippen molar-refractivity contribution in [1.82, 2.24) is 5.32 Å². The molecule has 146 valence electrons. The first-order valence-corrected chi connectivity index (χ1v) is 10.7. The topological polar surface area (TPSA) is 47.6 Å². The van der Waals surface area contributed by atoms with Crippen LogP contribution < -0.4 is 5.32 Å². The minimum atomic E-state index is -0.504. The van der Waals surface area contributed by atoms with E-state index >= 15 is 0 Å². The number of hydrogen-bond donors (Lipinski definition) is 1. The Labute approximate surface area is 165 Å². The quantitative estimate of drug-likeness (QED) is 0.690. The van der Waals surface area contributed by atoms with Crippen molar-refractivity contribution in [1.29, 1.82) is 0 Å². The van der Waals surface area contributed by atoms with Crippen LogP contribution in [0.3, 0.4) is 0 Å². The predicted octanol–water partition coefficient (Wildman–Crippen LogP) is 4.49. The number of aryl methyl sites for hydroxylation is 1. The van der Waals surface area contributed by atoms with Gasteiger partial charge in [0.2, 0.25) is 5.91 Å². The van der Waals surface area contributed by atoms with Crippen LogP contribution in [0.4, 0.5) is 0 Å². The second-order valence-corrected chi connectivity index (χ2v) is 8.04. The van der Waals surface area contributed by atoms with E-state index in [1.165, 1.54) is 5.56 Å². The fraction of sp³-hybridized carbons (Fsp3) is 0.500. The number of carbonyl (C=O) groups excluding carboxylic acids is 1. The van der Waals surface area contributed by atoms with Gasteiger partial charge in [-0.2, -0.15) is 0 Å². The van der Waals surface area contributed by atoms with Crippen LogP contribution in [0, 0.1) is 0 Å². The lowest BCUT2D eigenvalue weighted by molar-refractivity contribution is -0.134. The molecule has 1 N–H and O–H groups in total. The second-order valence-electron chi connectivity index (χ2n) is 7.06. The minimum Gasteiger partial charge on any atom is -0.376 e. The maximum atomic E-state index is 12.7. The van der Waals surface area contributed by atoms with Gasteiger partial charge in [-0.25, -0.2) is 0 Å². The summed E-state index contributed by atoms with van der Waals surface area (Å²) in [7, 11) is 0. The first-order chi connectivity index (χ1) is 13.2. The van der Waals surface area contributed by atoms with Crippen molar-refractivity contribution in [3.8, 4) is 0 Å². The van der Waals surface area contributed by atoms with Crippen LogP contribution in [0.5, 0.6) is 0 Å². The molecule has 1 fully saturated rings. The highest BCUT2D eigenvalue weighted by molar-refractivity contribution is 7.10. The van der Waals surface area contributed by atoms with Crippen molar-refractivity contribution in [3.63, 3.8) is 0 Å². The molecule has 0 unspecified atom stereocenters. The summed E-state index contributed by atoms with van der Waals surface area (Å²) in [6.45, 7) is 5.26. The van der Waals surface area contributed by atoms with E-state index < -0.39 is 6.10 Å². The predicted molar refractivity (Wildman–Crippen MR) is 109 cm³/mol. The third-order valence-corrected chi connectivity index (χ3v) is 5.83. The van der Waals surface area contributed by atoms with E-state index in [1.54, 1.807) is 18.3 Å². The number of thiophene rings is 1. The molecular weight excluding hydrogens is 358 g/mol. The molecule has 0 bridgehead atoms. The van der Waals surface area contributed by atoms with Crippen LogP contribution in [-0.2, 0) is 20.7 Å². The van der Waals surface area contributed by atoms with Gasteiger partial charge in [0.1, 0.15) is 6.10 Å². The molecule has 3 atom stereocenters. The summed E-state index contributed by atoms with van der Waals surface area (Å²) < 4.78 is 11.3. The van der Waals surface area contributed by atoms with Crippen molar-refractivity contribution in [2.24, 2.45) is 0 Å². The SMILES string of the molecule is CCCc1ccc([C@H](NC(=O)[C@@H](C)OC[C@@H]2CCCO2)c2cccs2)cc1. The lowest BCUT2D eigenvalue weighted by atomic mass is 10.0. The Balaban J connectivity index is 1.65. The number of nitrogens with one attached hydrogen (secondary N) is 1. The van der Waals surface area contributed by atoms with Crippen LogP contribution in [0.2, 0.25) is 0 Å². The molecule has 0 aliphatic carbocycles. The van der Waals surface area contributed by atoms with E-state index in [1.807, 2.05) is 11.4 Å². The van der Waals surface area contributed by atoms with Gasteiger partial charge < -0.3 is 14.8 Å². The van der Waals surface area contributed by atoms with Crippen LogP contribution in [0.15, 0.2) is 41.8 Å². The van der Waals surface area contributed by atoms with Crippen LogP contribution >= 0.6 is 11.3 Å². The zero-order valence-corrected chi connectivity index (χ0v) is 17.0. The van der Waals surface area contributed by atoms with E-state index in [2.05, 4.69) is 42.6 Å². The summed E-state index contributed by atoms with van der Waals surface area (Å²) in [6, 6.07) is 12.5. The van der Waals surface area contributed by atoms with Crippen LogP contribution in [0.25, 0.3) is 0 Å². The normalized spacial score (nSPS) is 19.0. The fourth-order valence-electron chi connectivity index (χ4n) is 3.30. The molecular formula is C22H29NO3S. The number of amides is 1. The summed E-state index contributed by atoms with van der Waals surface area (Å²) in [4.78, 5) is 13.8. The summed E-state index contributed by atoms with van der Waals surface area (Å²) in [5, 5.41) is 5.21. The molecule has 2 aromatic rings. The van der Waals surface area contributed by atoms with Gasteiger partial charge in [-0.05, 0) is 48.8 Å². The van der Waals surface area contributed by atoms with Crippen molar-refractivity contribution >= 4 is 17.2 Å². The maximum Gasteiger partial charge on any atom is 0.249 e. The van der Waals surface area contributed by atoms with Crippen molar-refractivity contribution in [3.05, 3.63) is 57.8 Å². The Kier molecular flexibility index (Phi) is 7.44. The number of ether oxygens (including phenoxy) is 2. The van der Waals surface area contributed by atoms with E-state index in [9.17, 15) is 4.79 Å². The van der Waals surface area contributed by atoms with Gasteiger partial charge >= 0.3 is 0 Å². The highest BCUT2D eigenvalue weighted by Crippen LogP contribution is 2.27. The average Bonchev–Trinajstić information content (AvgIpc) is 3.39. The van der Waals surface area contributed by atoms with Gasteiger partial charge in [-0.3, -0.25) is 4.79 Å². The lowest BCUT2D eigenvalue weighted by Gasteiger charge is -2.22. The molecule has 4 nitrogen and oxygen atoms in total. The summed E-state index contributed by atoms with van der Waals surface area (Å²) in [5.74, 6) is -0.0935. The van der Waals surface area contributed by atoms with Gasteiger partial charge in [0.25, 0.3) is 0 Å². The summed E-state index contributed by atoms with van der Waals surface area (Å²) in [5.41, 5.74) is 2.42. The van der Waals surface area contributed by atoms with E-state index in [0.29, 0.717) is 6.61 Å². The fourth-order valence-corrected chi connectivity index (χ4v) is 4.10. The largest absolute Gasteiger partial charge is 0.376 e. The van der Waals surface area contributed by atoms with Gasteiger partial charge in [-0.1, -0.05) is 43.7 Å². The third-order valence-electron chi connectivity index (χ3n) is 4.89. The first kappa shape index (κ1) is 20.1. The van der Waals surface area contributed by atoms with Crippen LogP contribution in [0.1, 0.15) is 55.2 Å². The molecule has 1 aliphatic heterocycles. The third kappa shape index (κ3) is 5.64. The molecule has 0 saturated carbocycles. The molecule has 3 rings (SSSR count). The standard InChI is InChI=1S/C22H29NO3S/c1-3-6-17-9-11-18(12-10-17)21(20-8-5-14-27-20)23-22(24)16(2)26-15-19-7-4-13-25-19/h5,8-12,14,16,19,21H,3-4,6-7,13,15H2,1-2H3,(H,23,24)/t16-,19+,21+/m1/s1. The van der Waals surface area contributed by atoms with E-state index in [4.69, 9.17) is 9.47 Å². The Morgan fingerprint density at radius 1 is 1.33 bits per heavy atom. The van der Waals surface area contributed by atoms with E-state index in [-0.39, 0.29) is 18.1 Å². The molecule has 0 spiro atoms. The molecule has 1 aromatic carbocycles. The number of benzene rings is 1. The number of carbonyl (C=O) groups is 1. The van der Waals surface area contributed by atoms with Crippen LogP contribution in [-0.4, -0.2) is 31.3 Å². The maximum absolute atomic E-state index is 12.7. The Morgan fingerprint density at radius 3 is 2.78 bits per heavy atom. The molecule has 27 heavy (non-hydrogen) atoms. The summed E-state index contributed by atoms with van der Waals surface area (Å²) in [6.07, 6.45) is 3.91. The van der Waals surface area contributed by atoms with Gasteiger partial charge in [0.05, 0.1) is 18.8 Å². The van der Waals surface area contributed by atoms with Crippen molar-refractivity contribution in [2.45, 2.75) is 57.8 Å². The average molecular weight is 388 g/mol. The molecule has 5 heteroatoms. The molecule has 1 aliphatic rings.